The summed E-state index contributed by atoms with van der Waals surface area (Å²) in [5.41, 5.74) is 4.91. The van der Waals surface area contributed by atoms with Crippen molar-refractivity contribution in [3.8, 4) is 0 Å². The number of aromatic nitrogens is 2. The van der Waals surface area contributed by atoms with Gasteiger partial charge >= 0.3 is 0 Å². The number of pyridine rings is 1. The molecule has 0 unspecified atom stereocenters. The second-order valence-electron chi connectivity index (χ2n) is 8.24. The van der Waals surface area contributed by atoms with Crippen LogP contribution in [0.3, 0.4) is 0 Å². The Kier molecular flexibility index (Phi) is 6.47. The Morgan fingerprint density at radius 2 is 1.81 bits per heavy atom. The molecule has 0 N–H and O–H groups in total. The van der Waals surface area contributed by atoms with Crippen molar-refractivity contribution in [1.82, 2.24) is 19.4 Å². The normalized spacial score (nSPS) is 15.1. The zero-order valence-corrected chi connectivity index (χ0v) is 18.2. The first-order chi connectivity index (χ1) is 15.0. The van der Waals surface area contributed by atoms with Gasteiger partial charge in [-0.25, -0.2) is 4.39 Å². The highest BCUT2D eigenvalue weighted by Gasteiger charge is 2.24. The van der Waals surface area contributed by atoms with Gasteiger partial charge in [0.25, 0.3) is 5.91 Å². The van der Waals surface area contributed by atoms with Crippen LogP contribution in [0.15, 0.2) is 54.7 Å². The van der Waals surface area contributed by atoms with Gasteiger partial charge in [-0.2, -0.15) is 0 Å². The molecule has 2 aromatic heterocycles. The van der Waals surface area contributed by atoms with Crippen molar-refractivity contribution in [2.45, 2.75) is 33.4 Å². The number of hydrogen-bond donors (Lipinski definition) is 0. The fraction of sp³-hybridized carbons (Fsp3) is 0.360. The third-order valence-corrected chi connectivity index (χ3v) is 6.05. The molecule has 1 fully saturated rings. The van der Waals surface area contributed by atoms with Gasteiger partial charge in [-0.15, -0.1) is 0 Å². The topological polar surface area (TPSA) is 41.4 Å². The average molecular weight is 421 g/mol. The third-order valence-electron chi connectivity index (χ3n) is 6.05. The van der Waals surface area contributed by atoms with Crippen LogP contribution in [0.2, 0.25) is 0 Å². The van der Waals surface area contributed by atoms with Crippen LogP contribution >= 0.6 is 0 Å². The highest BCUT2D eigenvalue weighted by Crippen LogP contribution is 2.20. The van der Waals surface area contributed by atoms with Gasteiger partial charge in [0.15, 0.2) is 0 Å². The highest BCUT2D eigenvalue weighted by atomic mass is 19.1. The van der Waals surface area contributed by atoms with Crippen molar-refractivity contribution in [2.75, 3.05) is 26.2 Å². The van der Waals surface area contributed by atoms with Crippen LogP contribution in [-0.2, 0) is 13.1 Å². The smallest absolute Gasteiger partial charge is 0.255 e. The van der Waals surface area contributed by atoms with E-state index in [4.69, 9.17) is 0 Å². The molecular weight excluding hydrogens is 391 g/mol. The predicted molar refractivity (Wildman–Crippen MR) is 119 cm³/mol. The van der Waals surface area contributed by atoms with Crippen molar-refractivity contribution in [1.29, 1.82) is 0 Å². The number of rotatable bonds is 5. The molecule has 3 aromatic rings. The minimum Gasteiger partial charge on any atom is -0.342 e. The monoisotopic (exact) mass is 420 g/mol. The third kappa shape index (κ3) is 5.02. The summed E-state index contributed by atoms with van der Waals surface area (Å²) in [4.78, 5) is 22.1. The van der Waals surface area contributed by atoms with E-state index in [-0.39, 0.29) is 11.7 Å². The van der Waals surface area contributed by atoms with Gasteiger partial charge in [0.1, 0.15) is 5.82 Å². The van der Waals surface area contributed by atoms with Gasteiger partial charge in [-0.05, 0) is 56.2 Å². The SMILES string of the molecule is Cc1cc(C(=O)N2CCCN(Cc3ccc(F)cc3)CC2)c(C)n1Cc1ccccn1. The first-order valence-corrected chi connectivity index (χ1v) is 10.8. The molecule has 5 nitrogen and oxygen atoms in total. The zero-order valence-electron chi connectivity index (χ0n) is 18.2. The largest absolute Gasteiger partial charge is 0.342 e. The molecule has 1 amide bonds. The fourth-order valence-corrected chi connectivity index (χ4v) is 4.27. The Morgan fingerprint density at radius 1 is 1.00 bits per heavy atom. The van der Waals surface area contributed by atoms with Gasteiger partial charge in [0, 0.05) is 50.3 Å². The maximum absolute atomic E-state index is 13.3. The molecular formula is C25H29FN4O. The van der Waals surface area contributed by atoms with Crippen LogP contribution in [0.25, 0.3) is 0 Å². The van der Waals surface area contributed by atoms with Crippen LogP contribution in [0, 0.1) is 19.7 Å². The number of halogens is 1. The van der Waals surface area contributed by atoms with Crippen LogP contribution in [0.5, 0.6) is 0 Å². The second kappa shape index (κ2) is 9.43. The average Bonchev–Trinajstić information content (AvgIpc) is 2.94. The molecule has 1 saturated heterocycles. The van der Waals surface area contributed by atoms with E-state index in [0.717, 1.165) is 60.8 Å². The van der Waals surface area contributed by atoms with Gasteiger partial charge in [0.05, 0.1) is 17.8 Å². The Hall–Kier alpha value is -2.99. The van der Waals surface area contributed by atoms with E-state index in [9.17, 15) is 9.18 Å². The van der Waals surface area contributed by atoms with E-state index in [0.29, 0.717) is 13.1 Å². The predicted octanol–water partition coefficient (Wildman–Crippen LogP) is 4.04. The van der Waals surface area contributed by atoms with Crippen molar-refractivity contribution in [3.05, 3.63) is 88.8 Å². The lowest BCUT2D eigenvalue weighted by Crippen LogP contribution is -2.35. The molecule has 0 saturated carbocycles. The lowest BCUT2D eigenvalue weighted by atomic mass is 10.2. The molecule has 1 aliphatic heterocycles. The van der Waals surface area contributed by atoms with E-state index in [1.807, 2.05) is 55.1 Å². The fourth-order valence-electron chi connectivity index (χ4n) is 4.27. The van der Waals surface area contributed by atoms with Gasteiger partial charge in [-0.1, -0.05) is 18.2 Å². The molecule has 1 aliphatic rings. The minimum absolute atomic E-state index is 0.101. The minimum atomic E-state index is -0.211. The summed E-state index contributed by atoms with van der Waals surface area (Å²) in [5, 5.41) is 0. The van der Waals surface area contributed by atoms with E-state index in [1.165, 1.54) is 12.1 Å². The number of amides is 1. The first-order valence-electron chi connectivity index (χ1n) is 10.8. The molecule has 0 aliphatic carbocycles. The van der Waals surface area contributed by atoms with E-state index < -0.39 is 0 Å². The molecule has 0 spiro atoms. The van der Waals surface area contributed by atoms with E-state index in [2.05, 4.69) is 14.5 Å². The Labute approximate surface area is 183 Å². The Morgan fingerprint density at radius 3 is 2.55 bits per heavy atom. The van der Waals surface area contributed by atoms with Gasteiger partial charge in [-0.3, -0.25) is 14.7 Å². The summed E-state index contributed by atoms with van der Waals surface area (Å²) in [6, 6.07) is 14.6. The molecule has 162 valence electrons. The Bertz CT molecular complexity index is 1030. The number of carbonyl (C=O) groups is 1. The summed E-state index contributed by atoms with van der Waals surface area (Å²) < 4.78 is 15.3. The second-order valence-corrected chi connectivity index (χ2v) is 8.24. The van der Waals surface area contributed by atoms with Crippen LogP contribution in [-0.4, -0.2) is 51.4 Å². The van der Waals surface area contributed by atoms with Gasteiger partial charge < -0.3 is 9.47 Å². The maximum Gasteiger partial charge on any atom is 0.255 e. The van der Waals surface area contributed by atoms with Crippen LogP contribution in [0.4, 0.5) is 4.39 Å². The number of benzene rings is 1. The molecule has 6 heteroatoms. The van der Waals surface area contributed by atoms with Crippen LogP contribution < -0.4 is 0 Å². The maximum atomic E-state index is 13.3. The lowest BCUT2D eigenvalue weighted by Gasteiger charge is -2.22. The summed E-state index contributed by atoms with van der Waals surface area (Å²) in [6.07, 6.45) is 2.73. The van der Waals surface area contributed by atoms with Gasteiger partial charge in [0.2, 0.25) is 0 Å². The molecule has 3 heterocycles. The summed E-state index contributed by atoms with van der Waals surface area (Å²) in [6.45, 7) is 8.70. The zero-order chi connectivity index (χ0) is 21.8. The van der Waals surface area contributed by atoms with E-state index in [1.54, 1.807) is 6.20 Å². The summed E-state index contributed by atoms with van der Waals surface area (Å²) in [5.74, 6) is -0.110. The van der Waals surface area contributed by atoms with E-state index >= 15 is 0 Å². The van der Waals surface area contributed by atoms with Crippen molar-refractivity contribution in [2.24, 2.45) is 0 Å². The Balaban J connectivity index is 1.42. The van der Waals surface area contributed by atoms with Crippen molar-refractivity contribution < 1.29 is 9.18 Å². The molecule has 4 rings (SSSR count). The first kappa shape index (κ1) is 21.2. The quantitative estimate of drug-likeness (QED) is 0.626. The molecule has 1 aromatic carbocycles. The van der Waals surface area contributed by atoms with Crippen molar-refractivity contribution in [3.63, 3.8) is 0 Å². The molecule has 0 bridgehead atoms. The molecule has 31 heavy (non-hydrogen) atoms. The standard InChI is InChI=1S/C25H29FN4O/c1-19-16-24(20(2)30(19)18-23-6-3-4-11-27-23)25(31)29-13-5-12-28(14-15-29)17-21-7-9-22(26)10-8-21/h3-4,6-11,16H,5,12-15,17-18H2,1-2H3. The summed E-state index contributed by atoms with van der Waals surface area (Å²) >= 11 is 0. The number of carbonyl (C=O) groups excluding carboxylic acids is 1. The summed E-state index contributed by atoms with van der Waals surface area (Å²) in [7, 11) is 0. The molecule has 0 atom stereocenters. The highest BCUT2D eigenvalue weighted by molar-refractivity contribution is 5.95. The van der Waals surface area contributed by atoms with Crippen LogP contribution in [0.1, 0.15) is 39.4 Å². The number of hydrogen-bond acceptors (Lipinski definition) is 3. The number of aryl methyl sites for hydroxylation is 1. The van der Waals surface area contributed by atoms with Crippen molar-refractivity contribution >= 4 is 5.91 Å². The number of nitrogens with zero attached hydrogens (tertiary/aromatic N) is 4. The molecule has 0 radical (unpaired) electrons. The lowest BCUT2D eigenvalue weighted by molar-refractivity contribution is 0.0760.